The maximum absolute atomic E-state index is 14.2. The number of methoxy groups -OCH3 is 1. The first-order valence-electron chi connectivity index (χ1n) is 13.4. The predicted octanol–water partition coefficient (Wildman–Crippen LogP) is 4.94. The molecule has 1 N–H and O–H groups in total. The normalized spacial score (nSPS) is 12.1. The van der Waals surface area contributed by atoms with Gasteiger partial charge in [-0.1, -0.05) is 72.2 Å². The molecule has 0 spiro atoms. The van der Waals surface area contributed by atoms with Crippen LogP contribution in [-0.4, -0.2) is 57.6 Å². The maximum atomic E-state index is 14.2. The zero-order valence-corrected chi connectivity index (χ0v) is 26.5. The molecule has 0 saturated carbocycles. The number of aryl methyl sites for hydroxylation is 1. The minimum atomic E-state index is -3.84. The number of nitrogens with one attached hydrogen (secondary N) is 1. The maximum Gasteiger partial charge on any atom is 0.244 e. The average Bonchev–Trinajstić information content (AvgIpc) is 2.93. The molecule has 8 nitrogen and oxygen atoms in total. The van der Waals surface area contributed by atoms with Crippen molar-refractivity contribution in [3.05, 3.63) is 94.0 Å². The van der Waals surface area contributed by atoms with Gasteiger partial charge in [0.1, 0.15) is 18.3 Å². The summed E-state index contributed by atoms with van der Waals surface area (Å²) in [7, 11) is -2.28. The van der Waals surface area contributed by atoms with Crippen LogP contribution in [0.15, 0.2) is 77.3 Å². The number of hydrogen-bond acceptors (Lipinski definition) is 5. The van der Waals surface area contributed by atoms with Crippen LogP contribution in [0.4, 0.5) is 5.69 Å². The lowest BCUT2D eigenvalue weighted by molar-refractivity contribution is -0.140. The van der Waals surface area contributed by atoms with Crippen molar-refractivity contribution < 1.29 is 22.7 Å². The predicted molar refractivity (Wildman–Crippen MR) is 166 cm³/mol. The van der Waals surface area contributed by atoms with Crippen molar-refractivity contribution in [1.82, 2.24) is 10.2 Å². The molecule has 0 bridgehead atoms. The molecule has 0 heterocycles. The molecule has 41 heavy (non-hydrogen) atoms. The average molecular weight is 645 g/mol. The highest BCUT2D eigenvalue weighted by molar-refractivity contribution is 9.10. The number of carbonyl (C=O) groups is 2. The summed E-state index contributed by atoms with van der Waals surface area (Å²) in [5.74, 6) is 0.0192. The summed E-state index contributed by atoms with van der Waals surface area (Å²) < 4.78 is 33.2. The van der Waals surface area contributed by atoms with E-state index in [0.717, 1.165) is 31.7 Å². The van der Waals surface area contributed by atoms with Crippen LogP contribution in [0.2, 0.25) is 0 Å². The van der Waals surface area contributed by atoms with E-state index in [0.29, 0.717) is 18.0 Å². The van der Waals surface area contributed by atoms with Gasteiger partial charge in [-0.3, -0.25) is 13.9 Å². The lowest BCUT2D eigenvalue weighted by Crippen LogP contribution is -2.53. The molecule has 10 heteroatoms. The highest BCUT2D eigenvalue weighted by Gasteiger charge is 2.33. The van der Waals surface area contributed by atoms with Crippen molar-refractivity contribution in [3.8, 4) is 5.75 Å². The first kappa shape index (κ1) is 32.1. The van der Waals surface area contributed by atoms with Crippen LogP contribution in [0.5, 0.6) is 5.75 Å². The monoisotopic (exact) mass is 643 g/mol. The summed E-state index contributed by atoms with van der Waals surface area (Å²) in [6, 6.07) is 21.0. The van der Waals surface area contributed by atoms with Crippen molar-refractivity contribution in [3.63, 3.8) is 0 Å². The van der Waals surface area contributed by atoms with E-state index >= 15 is 0 Å². The molecule has 3 aromatic carbocycles. The van der Waals surface area contributed by atoms with Gasteiger partial charge in [0, 0.05) is 24.0 Å². The van der Waals surface area contributed by atoms with Gasteiger partial charge < -0.3 is 15.0 Å². The molecule has 0 radical (unpaired) electrons. The van der Waals surface area contributed by atoms with Crippen molar-refractivity contribution in [2.45, 2.75) is 39.8 Å². The van der Waals surface area contributed by atoms with Crippen LogP contribution in [0, 0.1) is 12.8 Å². The fraction of sp³-hybridized carbons (Fsp3) is 0.355. The van der Waals surface area contributed by atoms with Crippen LogP contribution < -0.4 is 14.4 Å². The lowest BCUT2D eigenvalue weighted by Gasteiger charge is -2.33. The third-order valence-electron chi connectivity index (χ3n) is 6.55. The Hall–Kier alpha value is -3.37. The largest absolute Gasteiger partial charge is 0.497 e. The topological polar surface area (TPSA) is 96.0 Å². The van der Waals surface area contributed by atoms with E-state index < -0.39 is 28.5 Å². The summed E-state index contributed by atoms with van der Waals surface area (Å²) in [6.45, 7) is 5.90. The molecular formula is C31H38BrN3O5S. The molecule has 220 valence electrons. The number of rotatable bonds is 13. The van der Waals surface area contributed by atoms with Gasteiger partial charge in [0.05, 0.1) is 19.1 Å². The van der Waals surface area contributed by atoms with Gasteiger partial charge in [-0.05, 0) is 59.9 Å². The van der Waals surface area contributed by atoms with Gasteiger partial charge in [0.2, 0.25) is 21.8 Å². The number of nitrogens with zero attached hydrogens (tertiary/aromatic N) is 2. The SMILES string of the molecule is COc1cccc(CN(C(=O)CN(c2ccc(Br)c(C)c2)S(C)(=O)=O)[C@H](Cc2ccccc2)C(=O)NCC(C)C)c1. The molecule has 3 rings (SSSR count). The van der Waals surface area contributed by atoms with E-state index in [1.54, 1.807) is 37.4 Å². The molecule has 0 unspecified atom stereocenters. The third kappa shape index (κ3) is 9.33. The van der Waals surface area contributed by atoms with Gasteiger partial charge >= 0.3 is 0 Å². The van der Waals surface area contributed by atoms with Crippen LogP contribution >= 0.6 is 15.9 Å². The van der Waals surface area contributed by atoms with Crippen LogP contribution in [0.1, 0.15) is 30.5 Å². The molecule has 0 fully saturated rings. The Morgan fingerprint density at radius 3 is 2.27 bits per heavy atom. The lowest BCUT2D eigenvalue weighted by atomic mass is 10.0. The van der Waals surface area contributed by atoms with Gasteiger partial charge in [0.25, 0.3) is 0 Å². The molecule has 2 amide bonds. The first-order valence-corrected chi connectivity index (χ1v) is 16.0. The Labute approximate surface area is 251 Å². The molecule has 1 atom stereocenters. The molecule has 0 saturated heterocycles. The van der Waals surface area contributed by atoms with Gasteiger partial charge in [-0.25, -0.2) is 8.42 Å². The number of carbonyl (C=O) groups excluding carboxylic acids is 2. The van der Waals surface area contributed by atoms with E-state index in [9.17, 15) is 18.0 Å². The number of halogens is 1. The number of benzene rings is 3. The van der Waals surface area contributed by atoms with E-state index in [-0.39, 0.29) is 24.8 Å². The zero-order valence-electron chi connectivity index (χ0n) is 24.1. The second-order valence-electron chi connectivity index (χ2n) is 10.4. The summed E-state index contributed by atoms with van der Waals surface area (Å²) >= 11 is 3.45. The molecule has 0 aliphatic rings. The molecule has 0 aliphatic heterocycles. The third-order valence-corrected chi connectivity index (χ3v) is 8.58. The van der Waals surface area contributed by atoms with Crippen LogP contribution in [-0.2, 0) is 32.6 Å². The first-order chi connectivity index (χ1) is 19.4. The van der Waals surface area contributed by atoms with E-state index in [1.807, 2.05) is 63.2 Å². The number of amides is 2. The fourth-order valence-corrected chi connectivity index (χ4v) is 5.43. The molecular weight excluding hydrogens is 606 g/mol. The van der Waals surface area contributed by atoms with Crippen molar-refractivity contribution in [2.24, 2.45) is 5.92 Å². The second-order valence-corrected chi connectivity index (χ2v) is 13.2. The number of ether oxygens (including phenoxy) is 1. The van der Waals surface area contributed by atoms with Crippen LogP contribution in [0.25, 0.3) is 0 Å². The second kappa shape index (κ2) is 14.5. The van der Waals surface area contributed by atoms with E-state index in [1.165, 1.54) is 4.90 Å². The van der Waals surface area contributed by atoms with Crippen molar-refractivity contribution in [1.29, 1.82) is 0 Å². The smallest absolute Gasteiger partial charge is 0.244 e. The van der Waals surface area contributed by atoms with Crippen LogP contribution in [0.3, 0.4) is 0 Å². The molecule has 3 aromatic rings. The summed E-state index contributed by atoms with van der Waals surface area (Å²) in [6.07, 6.45) is 1.33. The Morgan fingerprint density at radius 2 is 1.66 bits per heavy atom. The minimum absolute atomic E-state index is 0.0829. The zero-order chi connectivity index (χ0) is 30.2. The fourth-order valence-electron chi connectivity index (χ4n) is 4.34. The summed E-state index contributed by atoms with van der Waals surface area (Å²) in [5, 5.41) is 2.98. The van der Waals surface area contributed by atoms with Gasteiger partial charge in [0.15, 0.2) is 0 Å². The standard InChI is InChI=1S/C31H38BrN3O5S/c1-22(2)19-33-31(37)29(18-24-10-7-6-8-11-24)34(20-25-12-9-13-27(17-25)40-4)30(36)21-35(41(5,38)39)26-14-15-28(32)23(3)16-26/h6-17,22,29H,18-21H2,1-5H3,(H,33,37)/t29-/m1/s1. The summed E-state index contributed by atoms with van der Waals surface area (Å²) in [5.41, 5.74) is 2.82. The highest BCUT2D eigenvalue weighted by Crippen LogP contribution is 2.26. The van der Waals surface area contributed by atoms with Crippen molar-refractivity contribution in [2.75, 3.05) is 30.8 Å². The molecule has 0 aliphatic carbocycles. The van der Waals surface area contributed by atoms with Crippen molar-refractivity contribution >= 4 is 43.5 Å². The number of sulfonamides is 1. The Balaban J connectivity index is 2.07. The number of anilines is 1. The minimum Gasteiger partial charge on any atom is -0.497 e. The Bertz CT molecular complexity index is 1450. The van der Waals surface area contributed by atoms with E-state index in [4.69, 9.17) is 4.74 Å². The molecule has 0 aromatic heterocycles. The highest BCUT2D eigenvalue weighted by atomic mass is 79.9. The quantitative estimate of drug-likeness (QED) is 0.285. The Morgan fingerprint density at radius 1 is 0.976 bits per heavy atom. The van der Waals surface area contributed by atoms with Gasteiger partial charge in [-0.15, -0.1) is 0 Å². The van der Waals surface area contributed by atoms with E-state index in [2.05, 4.69) is 21.2 Å². The Kier molecular flexibility index (Phi) is 11.4. The number of hydrogen-bond donors (Lipinski definition) is 1. The summed E-state index contributed by atoms with van der Waals surface area (Å²) in [4.78, 5) is 29.3. The van der Waals surface area contributed by atoms with Gasteiger partial charge in [-0.2, -0.15) is 0 Å².